The van der Waals surface area contributed by atoms with E-state index in [1.54, 1.807) is 13.8 Å². The molecule has 11 nitrogen and oxygen atoms in total. The molecule has 10 atom stereocenters. The normalized spacial score (nSPS) is 39.9. The number of alkyl halides is 5. The first-order chi connectivity index (χ1) is 20.7. The molecule has 1 unspecified atom stereocenters. The van der Waals surface area contributed by atoms with Crippen molar-refractivity contribution < 1.29 is 56.1 Å². The maximum atomic E-state index is 14.3. The van der Waals surface area contributed by atoms with Crippen LogP contribution >= 0.6 is 23.2 Å². The highest BCUT2D eigenvalue weighted by atomic mass is 35.5. The van der Waals surface area contributed by atoms with E-state index in [2.05, 4.69) is 11.9 Å². The summed E-state index contributed by atoms with van der Waals surface area (Å²) in [6, 6.07) is -0.802. The third-order valence-electron chi connectivity index (χ3n) is 10.7. The lowest BCUT2D eigenvalue weighted by atomic mass is 9.44. The summed E-state index contributed by atoms with van der Waals surface area (Å²) in [6.07, 6.45) is -7.89. The van der Waals surface area contributed by atoms with Crippen molar-refractivity contribution in [2.24, 2.45) is 39.9 Å². The summed E-state index contributed by atoms with van der Waals surface area (Å²) in [6.45, 7) is 10.1. The minimum atomic E-state index is -5.35. The largest absolute Gasteiger partial charge is 0.490 e. The quantitative estimate of drug-likeness (QED) is 0.140. The Morgan fingerprint density at radius 3 is 2.27 bits per heavy atom. The summed E-state index contributed by atoms with van der Waals surface area (Å²) < 4.78 is 57.4. The second kappa shape index (κ2) is 12.1. The van der Waals surface area contributed by atoms with Crippen LogP contribution in [0.15, 0.2) is 12.7 Å². The van der Waals surface area contributed by atoms with Crippen LogP contribution in [0.5, 0.6) is 0 Å². The molecule has 0 aromatic heterocycles. The van der Waals surface area contributed by atoms with Gasteiger partial charge in [0.1, 0.15) is 12.2 Å². The minimum Gasteiger partial charge on any atom is -0.461 e. The minimum absolute atomic E-state index is 0.142. The van der Waals surface area contributed by atoms with Crippen molar-refractivity contribution in [1.29, 1.82) is 0 Å². The van der Waals surface area contributed by atoms with Crippen molar-refractivity contribution in [3.63, 3.8) is 0 Å². The van der Waals surface area contributed by atoms with Crippen molar-refractivity contribution in [3.8, 4) is 0 Å². The van der Waals surface area contributed by atoms with E-state index >= 15 is 0 Å². The van der Waals surface area contributed by atoms with Crippen molar-refractivity contribution in [2.45, 2.75) is 82.7 Å². The highest BCUT2D eigenvalue weighted by molar-refractivity contribution is 6.53. The molecule has 1 saturated heterocycles. The van der Waals surface area contributed by atoms with Gasteiger partial charge in [-0.15, -0.1) is 6.58 Å². The molecule has 1 heterocycles. The maximum absolute atomic E-state index is 14.3. The fraction of sp³-hybridized carbons (Fsp3) is 0.724. The number of carbonyl (C=O) groups excluding carboxylic acids is 6. The smallest absolute Gasteiger partial charge is 0.461 e. The van der Waals surface area contributed by atoms with E-state index in [0.29, 0.717) is 6.42 Å². The first-order valence-corrected chi connectivity index (χ1v) is 15.3. The second-order valence-electron chi connectivity index (χ2n) is 13.0. The summed E-state index contributed by atoms with van der Waals surface area (Å²) in [5.41, 5.74) is -3.89. The van der Waals surface area contributed by atoms with E-state index < -0.39 is 99.0 Å². The topological polar surface area (TPSA) is 154 Å². The number of amides is 3. The number of halogens is 5. The van der Waals surface area contributed by atoms with Crippen LogP contribution in [0.25, 0.3) is 0 Å². The van der Waals surface area contributed by atoms with Gasteiger partial charge in [-0.25, -0.2) is 14.4 Å². The van der Waals surface area contributed by atoms with Gasteiger partial charge in [-0.2, -0.15) is 13.2 Å². The molecule has 3 amide bonds. The molecule has 3 aliphatic carbocycles. The van der Waals surface area contributed by atoms with E-state index in [0.717, 1.165) is 0 Å². The second-order valence-corrected chi connectivity index (χ2v) is 14.1. The monoisotopic (exact) mass is 682 g/mol. The lowest BCUT2D eigenvalue weighted by Crippen LogP contribution is -2.64. The van der Waals surface area contributed by atoms with Gasteiger partial charge in [0.2, 0.25) is 10.7 Å². The lowest BCUT2D eigenvalue weighted by molar-refractivity contribution is -0.233. The van der Waals surface area contributed by atoms with Crippen LogP contribution in [0.3, 0.4) is 0 Å². The van der Waals surface area contributed by atoms with Crippen molar-refractivity contribution >= 4 is 58.8 Å². The average Bonchev–Trinajstić information content (AvgIpc) is 3.24. The predicted octanol–water partition coefficient (Wildman–Crippen LogP) is 3.79. The van der Waals surface area contributed by atoms with Gasteiger partial charge in [0, 0.05) is 29.2 Å². The number of ether oxygens (including phenoxy) is 3. The van der Waals surface area contributed by atoms with E-state index in [9.17, 15) is 41.9 Å². The fourth-order valence-corrected chi connectivity index (χ4v) is 8.20. The number of Topliss-reactive ketones (excluding diaryl/α,β-unsaturated/α-hetero) is 1. The summed E-state index contributed by atoms with van der Waals surface area (Å²) in [5, 5.41) is 4.33. The SMILES string of the molecule is C=C[C@]1(C)C[C@@H](OC(=O)C2CNC(=O)NC2=O)[C@]2(C)[C@H](C)CC[C@]3(C[C@H](OC(=O)C(Cl)Cl)C(=O)[C@H]32)[C@@H](C)[C@@H]1OC(=O)C(F)(F)F. The standard InChI is InChI=1S/C29H35Cl2F3N2O9/c1-6-26(4)10-16(44-22(39)14-11-35-25(42)36-21(14)38)27(5)12(2)7-8-28(13(3)19(26)45-24(41)29(32,33)34)9-15(17(37)18(27)28)43-23(40)20(30)31/h6,12-16,18-20H,1,7-11H2,2-5H3,(H2,35,36,38,42)/t12-,13+,14?,15+,16-,18+,19+,26-,27+,28+/m1/s1. The molecule has 0 spiro atoms. The average molecular weight is 684 g/mol. The first kappa shape index (κ1) is 35.0. The van der Waals surface area contributed by atoms with Gasteiger partial charge in [0.25, 0.3) is 0 Å². The van der Waals surface area contributed by atoms with Gasteiger partial charge in [-0.1, -0.05) is 57.0 Å². The Bertz CT molecular complexity index is 1310. The molecule has 0 radical (unpaired) electrons. The number of rotatable bonds is 6. The molecule has 1 aliphatic heterocycles. The lowest BCUT2D eigenvalue weighted by Gasteiger charge is -2.61. The summed E-state index contributed by atoms with van der Waals surface area (Å²) >= 11 is 11.4. The van der Waals surface area contributed by atoms with Gasteiger partial charge < -0.3 is 19.5 Å². The predicted molar refractivity (Wildman–Crippen MR) is 150 cm³/mol. The number of imide groups is 1. The highest BCUT2D eigenvalue weighted by Gasteiger charge is 2.72. The van der Waals surface area contributed by atoms with Crippen molar-refractivity contribution in [2.75, 3.05) is 6.54 Å². The molecule has 4 fully saturated rings. The third-order valence-corrected chi connectivity index (χ3v) is 11.1. The Morgan fingerprint density at radius 2 is 1.71 bits per heavy atom. The zero-order valence-corrected chi connectivity index (χ0v) is 26.5. The fourth-order valence-electron chi connectivity index (χ4n) is 8.10. The molecular formula is C29H35Cl2F3N2O9. The zero-order valence-electron chi connectivity index (χ0n) is 25.0. The number of nitrogens with one attached hydrogen (secondary N) is 2. The number of ketones is 1. The molecule has 2 N–H and O–H groups in total. The number of urea groups is 1. The van der Waals surface area contributed by atoms with Gasteiger partial charge in [0.05, 0.1) is 0 Å². The van der Waals surface area contributed by atoms with Crippen LogP contribution in [0, 0.1) is 39.9 Å². The Morgan fingerprint density at radius 1 is 1.07 bits per heavy atom. The van der Waals surface area contributed by atoms with E-state index in [1.807, 2.05) is 12.2 Å². The maximum Gasteiger partial charge on any atom is 0.490 e. The van der Waals surface area contributed by atoms with Crippen molar-refractivity contribution in [1.82, 2.24) is 10.6 Å². The number of carbonyl (C=O) groups is 6. The molecule has 3 saturated carbocycles. The Hall–Kier alpha value is -2.87. The van der Waals surface area contributed by atoms with Crippen LogP contribution < -0.4 is 10.6 Å². The van der Waals surface area contributed by atoms with Gasteiger partial charge in [0.15, 0.2) is 17.8 Å². The van der Waals surface area contributed by atoms with Crippen LogP contribution in [0.2, 0.25) is 0 Å². The number of esters is 3. The molecule has 16 heteroatoms. The molecular weight excluding hydrogens is 648 g/mol. The van der Waals surface area contributed by atoms with Crippen LogP contribution in [-0.4, -0.2) is 71.5 Å². The van der Waals surface area contributed by atoms with E-state index in [1.165, 1.54) is 13.0 Å². The van der Waals surface area contributed by atoms with E-state index in [-0.39, 0.29) is 31.7 Å². The number of hydrogen-bond donors (Lipinski definition) is 2. The van der Waals surface area contributed by atoms with Gasteiger partial charge in [-0.3, -0.25) is 19.7 Å². The zero-order chi connectivity index (χ0) is 33.9. The molecule has 0 aromatic carbocycles. The van der Waals surface area contributed by atoms with Crippen molar-refractivity contribution in [3.05, 3.63) is 12.7 Å². The summed E-state index contributed by atoms with van der Waals surface area (Å²) in [5.74, 6) is -9.83. The van der Waals surface area contributed by atoms with Gasteiger partial charge >= 0.3 is 30.1 Å². The summed E-state index contributed by atoms with van der Waals surface area (Å²) in [7, 11) is 0. The van der Waals surface area contributed by atoms with Crippen LogP contribution in [0.1, 0.15) is 53.4 Å². The Labute approximate surface area is 267 Å². The first-order valence-electron chi connectivity index (χ1n) is 14.5. The molecule has 2 bridgehead atoms. The molecule has 250 valence electrons. The van der Waals surface area contributed by atoms with Crippen LogP contribution in [0.4, 0.5) is 18.0 Å². The van der Waals surface area contributed by atoms with Gasteiger partial charge in [-0.05, 0) is 37.0 Å². The van der Waals surface area contributed by atoms with Crippen LogP contribution in [-0.2, 0) is 38.2 Å². The Kier molecular flexibility index (Phi) is 9.37. The molecule has 4 aliphatic rings. The van der Waals surface area contributed by atoms with E-state index in [4.69, 9.17) is 37.4 Å². The highest BCUT2D eigenvalue weighted by Crippen LogP contribution is 2.68. The Balaban J connectivity index is 1.89. The summed E-state index contributed by atoms with van der Waals surface area (Å²) in [4.78, 5) is 75.1. The number of hydrogen-bond acceptors (Lipinski definition) is 9. The molecule has 45 heavy (non-hydrogen) atoms. The molecule has 4 rings (SSSR count). The third kappa shape index (κ3) is 5.92. The molecule has 0 aromatic rings.